The molecule has 0 aliphatic heterocycles. The topological polar surface area (TPSA) is 21.3 Å². The molecule has 0 spiro atoms. The molecule has 13 rings (SSSR count). The minimum Gasteiger partial charge on any atom is -0.455 e. The molecule has 11 aromatic carbocycles. The van der Waals surface area contributed by atoms with Crippen LogP contribution in [-0.2, 0) is 0 Å². The molecule has 0 radical (unpaired) electrons. The second kappa shape index (κ2) is 16.0. The van der Waals surface area contributed by atoms with Crippen molar-refractivity contribution in [2.75, 3.05) is 4.90 Å². The number of para-hydroxylation sites is 3. The summed E-state index contributed by atoms with van der Waals surface area (Å²) in [4.78, 5) is 2.35. The number of hydrogen-bond acceptors (Lipinski definition) is 2. The van der Waals surface area contributed by atoms with Gasteiger partial charge in [0.25, 0.3) is 0 Å². The van der Waals surface area contributed by atoms with Crippen LogP contribution in [0.4, 0.5) is 17.1 Å². The molecule has 0 saturated carbocycles. The van der Waals surface area contributed by atoms with Gasteiger partial charge in [0.15, 0.2) is 0 Å². The van der Waals surface area contributed by atoms with Crippen molar-refractivity contribution in [3.05, 3.63) is 255 Å². The lowest BCUT2D eigenvalue weighted by atomic mass is 9.99. The molecule has 0 aliphatic carbocycles. The molecule has 0 amide bonds. The van der Waals surface area contributed by atoms with Gasteiger partial charge >= 0.3 is 0 Å². The molecule has 2 heterocycles. The minimum absolute atomic E-state index is 0.902. The van der Waals surface area contributed by atoms with E-state index < -0.39 is 0 Å². The third kappa shape index (κ3) is 6.67. The highest BCUT2D eigenvalue weighted by Gasteiger charge is 2.18. The Morgan fingerprint density at radius 3 is 1.48 bits per heavy atom. The third-order valence-corrected chi connectivity index (χ3v) is 13.4. The smallest absolute Gasteiger partial charge is 0.143 e. The lowest BCUT2D eigenvalue weighted by Gasteiger charge is -2.26. The highest BCUT2D eigenvalue weighted by atomic mass is 16.3. The van der Waals surface area contributed by atoms with Gasteiger partial charge in [-0.2, -0.15) is 0 Å². The summed E-state index contributed by atoms with van der Waals surface area (Å²) in [6, 6.07) is 91.8. The van der Waals surface area contributed by atoms with E-state index in [0.717, 1.165) is 55.7 Å². The Kier molecular flexibility index (Phi) is 9.17. The maximum Gasteiger partial charge on any atom is 0.143 e. The zero-order chi connectivity index (χ0) is 44.3. The van der Waals surface area contributed by atoms with Gasteiger partial charge in [0.2, 0.25) is 0 Å². The molecule has 0 bridgehead atoms. The minimum atomic E-state index is 0.902. The molecule has 314 valence electrons. The summed E-state index contributed by atoms with van der Waals surface area (Å²) in [5.74, 6) is 0. The Morgan fingerprint density at radius 2 is 0.776 bits per heavy atom. The lowest BCUT2D eigenvalue weighted by Crippen LogP contribution is -2.09. The van der Waals surface area contributed by atoms with E-state index in [2.05, 4.69) is 252 Å². The Morgan fingerprint density at radius 1 is 0.299 bits per heavy atom. The first-order valence-corrected chi connectivity index (χ1v) is 22.9. The van der Waals surface area contributed by atoms with Gasteiger partial charge in [-0.05, 0) is 111 Å². The molecule has 3 nitrogen and oxygen atoms in total. The molecule has 3 heteroatoms. The van der Waals surface area contributed by atoms with Crippen LogP contribution in [0.15, 0.2) is 259 Å². The number of hydrogen-bond donors (Lipinski definition) is 0. The highest BCUT2D eigenvalue weighted by Crippen LogP contribution is 2.42. The zero-order valence-corrected chi connectivity index (χ0v) is 36.6. The van der Waals surface area contributed by atoms with Crippen molar-refractivity contribution in [1.82, 2.24) is 4.57 Å². The quantitative estimate of drug-likeness (QED) is 0.152. The highest BCUT2D eigenvalue weighted by molar-refractivity contribution is 6.12. The first kappa shape index (κ1) is 38.5. The summed E-state index contributed by atoms with van der Waals surface area (Å²) in [7, 11) is 0. The summed E-state index contributed by atoms with van der Waals surface area (Å²) >= 11 is 0. The second-order valence-electron chi connectivity index (χ2n) is 17.3. The van der Waals surface area contributed by atoms with Crippen LogP contribution in [0, 0.1) is 0 Å². The molecule has 0 N–H and O–H groups in total. The number of rotatable bonds is 8. The van der Waals surface area contributed by atoms with Crippen LogP contribution in [0.5, 0.6) is 0 Å². The molecule has 0 aliphatic rings. The van der Waals surface area contributed by atoms with Crippen molar-refractivity contribution in [1.29, 1.82) is 0 Å². The second-order valence-corrected chi connectivity index (χ2v) is 17.3. The molecule has 0 atom stereocenters. The molecule has 67 heavy (non-hydrogen) atoms. The van der Waals surface area contributed by atoms with Crippen molar-refractivity contribution in [2.45, 2.75) is 0 Å². The van der Waals surface area contributed by atoms with Gasteiger partial charge in [0, 0.05) is 49.6 Å². The van der Waals surface area contributed by atoms with E-state index in [-0.39, 0.29) is 0 Å². The van der Waals surface area contributed by atoms with Gasteiger partial charge in [-0.3, -0.25) is 0 Å². The summed E-state index contributed by atoms with van der Waals surface area (Å²) in [6.45, 7) is 0. The molecular weight excluding hydrogens is 813 g/mol. The fraction of sp³-hybridized carbons (Fsp3) is 0. The van der Waals surface area contributed by atoms with Crippen molar-refractivity contribution in [3.63, 3.8) is 0 Å². The van der Waals surface area contributed by atoms with Gasteiger partial charge in [0.05, 0.1) is 16.7 Å². The first-order chi connectivity index (χ1) is 33.2. The Balaban J connectivity index is 0.876. The average molecular weight is 855 g/mol. The monoisotopic (exact) mass is 854 g/mol. The van der Waals surface area contributed by atoms with Gasteiger partial charge in [0.1, 0.15) is 11.2 Å². The van der Waals surface area contributed by atoms with Gasteiger partial charge in [-0.15, -0.1) is 0 Å². The summed E-state index contributed by atoms with van der Waals surface area (Å²) < 4.78 is 8.87. The van der Waals surface area contributed by atoms with Crippen LogP contribution in [-0.4, -0.2) is 4.57 Å². The van der Waals surface area contributed by atoms with E-state index >= 15 is 0 Å². The van der Waals surface area contributed by atoms with Gasteiger partial charge < -0.3 is 13.9 Å². The van der Waals surface area contributed by atoms with Crippen LogP contribution in [0.25, 0.3) is 105 Å². The van der Waals surface area contributed by atoms with Gasteiger partial charge in [-0.1, -0.05) is 188 Å². The number of furan rings is 1. The molecule has 2 aromatic heterocycles. The summed E-state index contributed by atoms with van der Waals surface area (Å²) in [6.07, 6.45) is 0. The fourth-order valence-corrected chi connectivity index (χ4v) is 10.1. The lowest BCUT2D eigenvalue weighted by molar-refractivity contribution is 0.670. The maximum absolute atomic E-state index is 6.45. The van der Waals surface area contributed by atoms with Crippen molar-refractivity contribution in [3.8, 4) is 50.2 Å². The van der Waals surface area contributed by atoms with Gasteiger partial charge in [-0.25, -0.2) is 0 Å². The largest absolute Gasteiger partial charge is 0.455 e. The Bertz CT molecular complexity index is 3930. The van der Waals surface area contributed by atoms with E-state index in [4.69, 9.17) is 4.42 Å². The number of benzene rings is 11. The van der Waals surface area contributed by atoms with Crippen LogP contribution >= 0.6 is 0 Å². The van der Waals surface area contributed by atoms with E-state index in [1.807, 2.05) is 12.1 Å². The predicted octanol–water partition coefficient (Wildman–Crippen LogP) is 18.0. The standard InChI is InChI=1S/C64H42N2O/c1-2-12-43(13-3-1)44-24-26-45(27-25-44)46-28-35-51(36-29-46)65(53-39-32-49(33-40-53)55-19-11-20-58-57-18-7-9-23-63(57)67-64(55)58)52-37-30-47(31-38-52)50-34-41-62-59(42-50)56-17-6-8-21-61(56)66(62)60-22-10-15-48-14-4-5-16-54(48)60/h1-42H. The van der Waals surface area contributed by atoms with Crippen LogP contribution in [0.2, 0.25) is 0 Å². The Hall–Kier alpha value is -8.92. The first-order valence-electron chi connectivity index (χ1n) is 22.9. The SMILES string of the molecule is c1ccc(-c2ccc(-c3ccc(N(c4ccc(-c5ccc6c(c5)c5ccccc5n6-c5cccc6ccccc56)cc4)c4ccc(-c5cccc6c5oc5ccccc56)cc4)cc3)cc2)cc1. The fourth-order valence-electron chi connectivity index (χ4n) is 10.1. The normalized spacial score (nSPS) is 11.6. The Labute approximate surface area is 388 Å². The number of fused-ring (bicyclic) bond motifs is 7. The van der Waals surface area contributed by atoms with E-state index in [1.165, 1.54) is 66.1 Å². The third-order valence-electron chi connectivity index (χ3n) is 13.4. The molecule has 0 unspecified atom stereocenters. The summed E-state index contributed by atoms with van der Waals surface area (Å²) in [5, 5.41) is 7.21. The average Bonchev–Trinajstić information content (AvgIpc) is 3.95. The van der Waals surface area contributed by atoms with E-state index in [9.17, 15) is 0 Å². The predicted molar refractivity (Wildman–Crippen MR) is 282 cm³/mol. The molecular formula is C64H42N2O. The maximum atomic E-state index is 6.45. The van der Waals surface area contributed by atoms with Crippen molar-refractivity contribution >= 4 is 71.6 Å². The van der Waals surface area contributed by atoms with E-state index in [0.29, 0.717) is 0 Å². The van der Waals surface area contributed by atoms with Crippen LogP contribution in [0.3, 0.4) is 0 Å². The number of anilines is 3. The van der Waals surface area contributed by atoms with Crippen LogP contribution < -0.4 is 4.90 Å². The van der Waals surface area contributed by atoms with E-state index in [1.54, 1.807) is 0 Å². The summed E-state index contributed by atoms with van der Waals surface area (Å²) in [5.41, 5.74) is 17.9. The van der Waals surface area contributed by atoms with Crippen LogP contribution in [0.1, 0.15) is 0 Å². The van der Waals surface area contributed by atoms with Crippen molar-refractivity contribution in [2.24, 2.45) is 0 Å². The molecule has 0 fully saturated rings. The number of nitrogens with zero attached hydrogens (tertiary/aromatic N) is 2. The zero-order valence-electron chi connectivity index (χ0n) is 36.6. The van der Waals surface area contributed by atoms with Crippen molar-refractivity contribution < 1.29 is 4.42 Å². The molecule has 0 saturated heterocycles. The molecule has 13 aromatic rings. The number of aromatic nitrogens is 1.